The van der Waals surface area contributed by atoms with Gasteiger partial charge < -0.3 is 0 Å². The van der Waals surface area contributed by atoms with E-state index in [-0.39, 0.29) is 17.4 Å². The molecule has 1 aromatic carbocycles. The van der Waals surface area contributed by atoms with Gasteiger partial charge in [0.1, 0.15) is 0 Å². The van der Waals surface area contributed by atoms with E-state index in [0.717, 1.165) is 5.56 Å². The lowest BCUT2D eigenvalue weighted by molar-refractivity contribution is 0.0650. The van der Waals surface area contributed by atoms with Crippen molar-refractivity contribution in [3.63, 3.8) is 0 Å². The number of halogens is 2. The molecule has 0 N–H and O–H groups in total. The molecule has 0 unspecified atom stereocenters. The summed E-state index contributed by atoms with van der Waals surface area (Å²) in [4.78, 5) is 0.135. The Balaban J connectivity index is 1.90. The summed E-state index contributed by atoms with van der Waals surface area (Å²) in [7, 11) is -3.76. The van der Waals surface area contributed by atoms with Gasteiger partial charge in [0.2, 0.25) is 0 Å². The zero-order chi connectivity index (χ0) is 16.2. The monoisotopic (exact) mass is 332 g/mol. The summed E-state index contributed by atoms with van der Waals surface area (Å²) in [5.74, 6) is 0.0337. The Morgan fingerprint density at radius 1 is 1.14 bits per heavy atom. The summed E-state index contributed by atoms with van der Waals surface area (Å²) in [5, 5.41) is 0. The fourth-order valence-corrected chi connectivity index (χ4v) is 3.70. The van der Waals surface area contributed by atoms with Gasteiger partial charge in [-0.1, -0.05) is 17.7 Å². The van der Waals surface area contributed by atoms with E-state index in [1.807, 2.05) is 6.92 Å². The van der Waals surface area contributed by atoms with Gasteiger partial charge in [-0.15, -0.1) is 0 Å². The Kier molecular flexibility index (Phi) is 5.55. The van der Waals surface area contributed by atoms with Crippen molar-refractivity contribution in [2.45, 2.75) is 37.5 Å². The van der Waals surface area contributed by atoms with Gasteiger partial charge in [0.15, 0.2) is 0 Å². The van der Waals surface area contributed by atoms with E-state index in [1.54, 1.807) is 12.1 Å². The van der Waals surface area contributed by atoms with Gasteiger partial charge in [-0.2, -0.15) is 8.42 Å². The van der Waals surface area contributed by atoms with Crippen LogP contribution in [0.5, 0.6) is 0 Å². The summed E-state index contributed by atoms with van der Waals surface area (Å²) in [5.41, 5.74) is 0.117. The minimum atomic E-state index is -3.76. The van der Waals surface area contributed by atoms with Crippen molar-refractivity contribution in [3.05, 3.63) is 29.8 Å². The SMILES string of the molecule is Cc1ccc(S(=O)(=O)OCC2CCC(CF)(CF)CC2)cc1. The summed E-state index contributed by atoms with van der Waals surface area (Å²) in [6.07, 6.45) is 2.08. The third-order valence-corrected chi connectivity index (χ3v) is 5.80. The first-order valence-electron chi connectivity index (χ1n) is 7.49. The standard InChI is InChI=1S/C16H22F2O3S/c1-13-2-4-15(5-3-13)22(19,20)21-10-14-6-8-16(11-17,12-18)9-7-14/h2-5,14H,6-12H2,1H3. The van der Waals surface area contributed by atoms with Crippen LogP contribution >= 0.6 is 0 Å². The number of benzene rings is 1. The molecule has 1 saturated carbocycles. The first kappa shape index (κ1) is 17.3. The molecule has 0 heterocycles. The van der Waals surface area contributed by atoms with Crippen molar-refractivity contribution < 1.29 is 21.4 Å². The van der Waals surface area contributed by atoms with Crippen LogP contribution in [0.3, 0.4) is 0 Å². The lowest BCUT2D eigenvalue weighted by atomic mass is 9.72. The van der Waals surface area contributed by atoms with Gasteiger partial charge in [-0.3, -0.25) is 13.0 Å². The second-order valence-corrected chi connectivity index (χ2v) is 7.88. The maximum absolute atomic E-state index is 12.9. The van der Waals surface area contributed by atoms with Crippen LogP contribution in [-0.2, 0) is 14.3 Å². The number of aryl methyl sites for hydroxylation is 1. The molecule has 0 saturated heterocycles. The molecule has 22 heavy (non-hydrogen) atoms. The van der Waals surface area contributed by atoms with E-state index in [1.165, 1.54) is 12.1 Å². The molecule has 1 aliphatic carbocycles. The third-order valence-electron chi connectivity index (χ3n) is 4.50. The smallest absolute Gasteiger partial charge is 0.266 e. The molecule has 1 fully saturated rings. The Bertz CT molecular complexity index is 570. The zero-order valence-electron chi connectivity index (χ0n) is 12.7. The van der Waals surface area contributed by atoms with Crippen molar-refractivity contribution >= 4 is 10.1 Å². The molecule has 0 radical (unpaired) electrons. The van der Waals surface area contributed by atoms with Crippen LogP contribution in [0.4, 0.5) is 8.78 Å². The fourth-order valence-electron chi connectivity index (χ4n) is 2.72. The molecule has 0 aromatic heterocycles. The minimum absolute atomic E-state index is 0.0337. The van der Waals surface area contributed by atoms with E-state index in [9.17, 15) is 17.2 Å². The van der Waals surface area contributed by atoms with Crippen LogP contribution in [0.15, 0.2) is 29.2 Å². The topological polar surface area (TPSA) is 43.4 Å². The van der Waals surface area contributed by atoms with Crippen molar-refractivity contribution in [3.8, 4) is 0 Å². The van der Waals surface area contributed by atoms with E-state index in [2.05, 4.69) is 0 Å². The van der Waals surface area contributed by atoms with Crippen molar-refractivity contribution in [2.24, 2.45) is 11.3 Å². The molecule has 124 valence electrons. The molecular weight excluding hydrogens is 310 g/mol. The van der Waals surface area contributed by atoms with Gasteiger partial charge in [-0.25, -0.2) is 0 Å². The molecule has 0 spiro atoms. The summed E-state index contributed by atoms with van der Waals surface area (Å²) >= 11 is 0. The minimum Gasteiger partial charge on any atom is -0.266 e. The Morgan fingerprint density at radius 3 is 2.18 bits per heavy atom. The highest BCUT2D eigenvalue weighted by Gasteiger charge is 2.36. The Labute approximate surface area is 130 Å². The molecule has 1 aromatic rings. The largest absolute Gasteiger partial charge is 0.296 e. The van der Waals surface area contributed by atoms with Crippen LogP contribution in [0, 0.1) is 18.3 Å². The first-order chi connectivity index (χ1) is 10.4. The van der Waals surface area contributed by atoms with Crippen molar-refractivity contribution in [1.29, 1.82) is 0 Å². The molecular formula is C16H22F2O3S. The van der Waals surface area contributed by atoms with E-state index in [4.69, 9.17) is 4.18 Å². The molecule has 2 rings (SSSR count). The van der Waals surface area contributed by atoms with E-state index < -0.39 is 28.9 Å². The predicted molar refractivity (Wildman–Crippen MR) is 80.7 cm³/mol. The molecule has 0 aliphatic heterocycles. The van der Waals surface area contributed by atoms with Gasteiger partial charge in [0.05, 0.1) is 24.9 Å². The van der Waals surface area contributed by atoms with Gasteiger partial charge in [-0.05, 0) is 50.7 Å². The van der Waals surface area contributed by atoms with Crippen LogP contribution in [0.1, 0.15) is 31.2 Å². The molecule has 0 amide bonds. The molecule has 6 heteroatoms. The van der Waals surface area contributed by atoms with Crippen molar-refractivity contribution in [2.75, 3.05) is 20.0 Å². The van der Waals surface area contributed by atoms with Crippen LogP contribution in [0.25, 0.3) is 0 Å². The third kappa shape index (κ3) is 4.04. The van der Waals surface area contributed by atoms with Crippen LogP contribution in [-0.4, -0.2) is 28.4 Å². The quantitative estimate of drug-likeness (QED) is 0.744. The van der Waals surface area contributed by atoms with Gasteiger partial charge in [0, 0.05) is 5.41 Å². The highest BCUT2D eigenvalue weighted by Crippen LogP contribution is 2.40. The highest BCUT2D eigenvalue weighted by atomic mass is 32.2. The molecule has 0 atom stereocenters. The first-order valence-corrected chi connectivity index (χ1v) is 8.90. The number of alkyl halides is 2. The Morgan fingerprint density at radius 2 is 1.68 bits per heavy atom. The second kappa shape index (κ2) is 7.04. The second-order valence-electron chi connectivity index (χ2n) is 6.26. The van der Waals surface area contributed by atoms with Crippen LogP contribution < -0.4 is 0 Å². The molecule has 0 bridgehead atoms. The lowest BCUT2D eigenvalue weighted by Gasteiger charge is -2.35. The van der Waals surface area contributed by atoms with E-state index in [0.29, 0.717) is 25.7 Å². The summed E-state index contributed by atoms with van der Waals surface area (Å²) in [6, 6.07) is 6.47. The molecule has 1 aliphatic rings. The van der Waals surface area contributed by atoms with Gasteiger partial charge in [0.25, 0.3) is 10.1 Å². The fraction of sp³-hybridized carbons (Fsp3) is 0.625. The number of hydrogen-bond acceptors (Lipinski definition) is 3. The summed E-state index contributed by atoms with van der Waals surface area (Å²) < 4.78 is 55.1. The number of hydrogen-bond donors (Lipinski definition) is 0. The summed E-state index contributed by atoms with van der Waals surface area (Å²) in [6.45, 7) is 0.642. The lowest BCUT2D eigenvalue weighted by Crippen LogP contribution is -2.33. The average molecular weight is 332 g/mol. The highest BCUT2D eigenvalue weighted by molar-refractivity contribution is 7.86. The molecule has 3 nitrogen and oxygen atoms in total. The Hall–Kier alpha value is -1.01. The normalized spacial score (nSPS) is 19.2. The van der Waals surface area contributed by atoms with E-state index >= 15 is 0 Å². The predicted octanol–water partition coefficient (Wildman–Crippen LogP) is 3.82. The van der Waals surface area contributed by atoms with Gasteiger partial charge >= 0.3 is 0 Å². The zero-order valence-corrected chi connectivity index (χ0v) is 13.5. The van der Waals surface area contributed by atoms with Crippen LogP contribution in [0.2, 0.25) is 0 Å². The van der Waals surface area contributed by atoms with Crippen molar-refractivity contribution in [1.82, 2.24) is 0 Å². The average Bonchev–Trinajstić information content (AvgIpc) is 2.54. The maximum Gasteiger partial charge on any atom is 0.296 e. The number of rotatable bonds is 6. The maximum atomic E-state index is 12.9.